The molecule has 1 aromatic carbocycles. The summed E-state index contributed by atoms with van der Waals surface area (Å²) in [6.45, 7) is 3.62. The highest BCUT2D eigenvalue weighted by Crippen LogP contribution is 2.26. The van der Waals surface area contributed by atoms with Crippen molar-refractivity contribution in [3.8, 4) is 0 Å². The van der Waals surface area contributed by atoms with Crippen LogP contribution in [0.1, 0.15) is 38.2 Å². The summed E-state index contributed by atoms with van der Waals surface area (Å²) >= 11 is 0. The summed E-state index contributed by atoms with van der Waals surface area (Å²) in [6, 6.07) is 9.95. The zero-order valence-electron chi connectivity index (χ0n) is 15.4. The lowest BCUT2D eigenvalue weighted by Gasteiger charge is -2.39. The third kappa shape index (κ3) is 4.63. The quantitative estimate of drug-likeness (QED) is 0.652. The number of piperidine rings is 1. The molecule has 0 spiro atoms. The maximum absolute atomic E-state index is 12.6. The predicted molar refractivity (Wildman–Crippen MR) is 104 cm³/mol. The summed E-state index contributed by atoms with van der Waals surface area (Å²) in [5.74, 6) is 0.669. The molecule has 0 aromatic heterocycles. The Morgan fingerprint density at radius 3 is 2.62 bits per heavy atom. The lowest BCUT2D eigenvalue weighted by molar-refractivity contribution is -0.137. The molecule has 1 heterocycles. The molecule has 2 aliphatic rings. The third-order valence-corrected chi connectivity index (χ3v) is 5.48. The van der Waals surface area contributed by atoms with Crippen molar-refractivity contribution in [1.29, 1.82) is 0 Å². The van der Waals surface area contributed by atoms with E-state index in [4.69, 9.17) is 0 Å². The molecule has 0 saturated carbocycles. The van der Waals surface area contributed by atoms with Crippen LogP contribution in [0.3, 0.4) is 0 Å². The second kappa shape index (κ2) is 8.84. The molecule has 1 aliphatic carbocycles. The monoisotopic (exact) mass is 352 g/mol. The smallest absolute Gasteiger partial charge is 0.244 e. The first-order valence-electron chi connectivity index (χ1n) is 9.64. The Hall–Kier alpha value is -2.36. The van der Waals surface area contributed by atoms with E-state index in [-0.39, 0.29) is 23.8 Å². The third-order valence-electron chi connectivity index (χ3n) is 5.48. The number of amides is 2. The number of allylic oxidation sites excluding steroid dienone is 2. The van der Waals surface area contributed by atoms with Gasteiger partial charge in [-0.25, -0.2) is 0 Å². The van der Waals surface area contributed by atoms with Gasteiger partial charge in [0.05, 0.1) is 0 Å². The zero-order valence-corrected chi connectivity index (χ0v) is 15.4. The van der Waals surface area contributed by atoms with Crippen molar-refractivity contribution in [2.45, 2.75) is 38.6 Å². The van der Waals surface area contributed by atoms with E-state index in [2.05, 4.69) is 24.4 Å². The maximum atomic E-state index is 12.6. The Labute approximate surface area is 156 Å². The van der Waals surface area contributed by atoms with Gasteiger partial charge in [0.25, 0.3) is 0 Å². The lowest BCUT2D eigenvalue weighted by atomic mass is 9.89. The van der Waals surface area contributed by atoms with Gasteiger partial charge in [0.15, 0.2) is 0 Å². The average Bonchev–Trinajstić information content (AvgIpc) is 3.22. The molecule has 1 aromatic rings. The van der Waals surface area contributed by atoms with E-state index in [9.17, 15) is 9.59 Å². The molecular formula is C22H28N2O2. The Morgan fingerprint density at radius 2 is 1.92 bits per heavy atom. The van der Waals surface area contributed by atoms with Crippen LogP contribution >= 0.6 is 0 Å². The van der Waals surface area contributed by atoms with Crippen LogP contribution in [0.5, 0.6) is 0 Å². The van der Waals surface area contributed by atoms with Gasteiger partial charge in [-0.2, -0.15) is 0 Å². The first-order valence-corrected chi connectivity index (χ1v) is 9.64. The Bertz CT molecular complexity index is 673. The number of carbonyl (C=O) groups excluding carboxylic acids is 2. The van der Waals surface area contributed by atoms with Gasteiger partial charge in [0.2, 0.25) is 11.8 Å². The van der Waals surface area contributed by atoms with E-state index in [1.54, 1.807) is 6.08 Å². The SMILES string of the molecule is CC[C@@H]1CN(C(=O)C2CC=CC2)CC[C@@H]1NC(=O)C=Cc1ccccc1. The highest BCUT2D eigenvalue weighted by Gasteiger charge is 2.33. The van der Waals surface area contributed by atoms with Crippen LogP contribution in [0, 0.1) is 11.8 Å². The minimum atomic E-state index is -0.0583. The van der Waals surface area contributed by atoms with Crippen LogP contribution in [-0.2, 0) is 9.59 Å². The number of carbonyl (C=O) groups is 2. The van der Waals surface area contributed by atoms with Crippen molar-refractivity contribution < 1.29 is 9.59 Å². The van der Waals surface area contributed by atoms with Gasteiger partial charge < -0.3 is 10.2 Å². The molecule has 2 atom stereocenters. The van der Waals surface area contributed by atoms with Crippen molar-refractivity contribution in [3.63, 3.8) is 0 Å². The van der Waals surface area contributed by atoms with Gasteiger partial charge in [-0.3, -0.25) is 9.59 Å². The van der Waals surface area contributed by atoms with E-state index in [1.165, 1.54) is 0 Å². The van der Waals surface area contributed by atoms with E-state index in [0.717, 1.165) is 44.3 Å². The average molecular weight is 352 g/mol. The van der Waals surface area contributed by atoms with E-state index in [0.29, 0.717) is 5.92 Å². The molecule has 0 bridgehead atoms. The van der Waals surface area contributed by atoms with Crippen molar-refractivity contribution >= 4 is 17.9 Å². The van der Waals surface area contributed by atoms with Crippen LogP contribution < -0.4 is 5.32 Å². The number of hydrogen-bond donors (Lipinski definition) is 1. The number of nitrogens with zero attached hydrogens (tertiary/aromatic N) is 1. The molecule has 138 valence electrons. The fourth-order valence-electron chi connectivity index (χ4n) is 3.88. The molecule has 1 aliphatic heterocycles. The van der Waals surface area contributed by atoms with Gasteiger partial charge >= 0.3 is 0 Å². The summed E-state index contributed by atoms with van der Waals surface area (Å²) in [5, 5.41) is 3.14. The summed E-state index contributed by atoms with van der Waals surface area (Å²) < 4.78 is 0. The van der Waals surface area contributed by atoms with Gasteiger partial charge in [-0.1, -0.05) is 49.4 Å². The largest absolute Gasteiger partial charge is 0.349 e. The standard InChI is InChI=1S/C22H28N2O2/c1-2-18-16-24(22(26)19-10-6-7-11-19)15-14-20(18)23-21(25)13-12-17-8-4-3-5-9-17/h3-9,12-13,18-20H,2,10-11,14-16H2,1H3,(H,23,25)/t18-,20+/m1/s1. The molecule has 4 heteroatoms. The summed E-state index contributed by atoms with van der Waals surface area (Å²) in [5.41, 5.74) is 1.01. The van der Waals surface area contributed by atoms with Crippen molar-refractivity contribution in [3.05, 3.63) is 54.1 Å². The normalized spacial score (nSPS) is 23.5. The second-order valence-corrected chi connectivity index (χ2v) is 7.24. The minimum Gasteiger partial charge on any atom is -0.349 e. The lowest BCUT2D eigenvalue weighted by Crippen LogP contribution is -2.53. The highest BCUT2D eigenvalue weighted by atomic mass is 16.2. The zero-order chi connectivity index (χ0) is 18.4. The molecule has 1 saturated heterocycles. The van der Waals surface area contributed by atoms with Crippen molar-refractivity contribution in [1.82, 2.24) is 10.2 Å². The van der Waals surface area contributed by atoms with Crippen molar-refractivity contribution in [2.75, 3.05) is 13.1 Å². The van der Waals surface area contributed by atoms with Crippen molar-refractivity contribution in [2.24, 2.45) is 11.8 Å². The second-order valence-electron chi connectivity index (χ2n) is 7.24. The Balaban J connectivity index is 1.53. The minimum absolute atomic E-state index is 0.0583. The van der Waals surface area contributed by atoms with Gasteiger partial charge in [-0.15, -0.1) is 0 Å². The van der Waals surface area contributed by atoms with E-state index >= 15 is 0 Å². The van der Waals surface area contributed by atoms with Gasteiger partial charge in [0.1, 0.15) is 0 Å². The van der Waals surface area contributed by atoms with E-state index in [1.807, 2.05) is 41.3 Å². The fourth-order valence-corrected chi connectivity index (χ4v) is 3.88. The van der Waals surface area contributed by atoms with Gasteiger partial charge in [-0.05, 0) is 43.2 Å². The predicted octanol–water partition coefficient (Wildman–Crippen LogP) is 3.41. The molecule has 1 N–H and O–H groups in total. The molecular weight excluding hydrogens is 324 g/mol. The molecule has 3 rings (SSSR count). The number of likely N-dealkylation sites (tertiary alicyclic amines) is 1. The maximum Gasteiger partial charge on any atom is 0.244 e. The highest BCUT2D eigenvalue weighted by molar-refractivity contribution is 5.92. The fraction of sp³-hybridized carbons (Fsp3) is 0.455. The number of nitrogens with one attached hydrogen (secondary N) is 1. The molecule has 26 heavy (non-hydrogen) atoms. The van der Waals surface area contributed by atoms with E-state index < -0.39 is 0 Å². The summed E-state index contributed by atoms with van der Waals surface area (Å²) in [6.07, 6.45) is 11.2. The number of benzene rings is 1. The van der Waals surface area contributed by atoms with Crippen LogP contribution in [0.25, 0.3) is 6.08 Å². The molecule has 1 fully saturated rings. The van der Waals surface area contributed by atoms with Crippen LogP contribution in [0.4, 0.5) is 0 Å². The first-order chi connectivity index (χ1) is 12.7. The molecule has 4 nitrogen and oxygen atoms in total. The molecule has 0 unspecified atom stereocenters. The summed E-state index contributed by atoms with van der Waals surface area (Å²) in [4.78, 5) is 26.9. The Morgan fingerprint density at radius 1 is 1.19 bits per heavy atom. The van der Waals surface area contributed by atoms with Gasteiger partial charge in [0, 0.05) is 31.1 Å². The summed E-state index contributed by atoms with van der Waals surface area (Å²) in [7, 11) is 0. The topological polar surface area (TPSA) is 49.4 Å². The number of hydrogen-bond acceptors (Lipinski definition) is 2. The van der Waals surface area contributed by atoms with Crippen LogP contribution in [0.2, 0.25) is 0 Å². The van der Waals surface area contributed by atoms with Crippen LogP contribution in [-0.4, -0.2) is 35.8 Å². The van der Waals surface area contributed by atoms with Crippen LogP contribution in [0.15, 0.2) is 48.6 Å². The number of rotatable bonds is 5. The molecule has 2 amide bonds. The molecule has 0 radical (unpaired) electrons. The Kier molecular flexibility index (Phi) is 6.26. The first kappa shape index (κ1) is 18.4.